The Morgan fingerprint density at radius 3 is 2.46 bits per heavy atom. The number of rotatable bonds is 5. The summed E-state index contributed by atoms with van der Waals surface area (Å²) in [4.78, 5) is 34.9. The molecule has 1 aromatic rings. The summed E-state index contributed by atoms with van der Waals surface area (Å²) in [6, 6.07) is 7.50. The molecule has 1 aliphatic heterocycles. The van der Waals surface area contributed by atoms with Gasteiger partial charge >= 0.3 is 0 Å². The molecule has 1 saturated heterocycles. The highest BCUT2D eigenvalue weighted by Gasteiger charge is 2.31. The van der Waals surface area contributed by atoms with Crippen molar-refractivity contribution in [2.24, 2.45) is 5.92 Å². The molecule has 1 heterocycles. The first kappa shape index (κ1) is 17.0. The number of anilines is 1. The van der Waals surface area contributed by atoms with Crippen LogP contribution in [0, 0.1) is 5.92 Å². The zero-order chi connectivity index (χ0) is 16.9. The lowest BCUT2D eigenvalue weighted by Gasteiger charge is -2.20. The predicted octanol–water partition coefficient (Wildman–Crippen LogP) is 3.49. The summed E-state index contributed by atoms with van der Waals surface area (Å²) in [5, 5.41) is 4.60. The van der Waals surface area contributed by atoms with E-state index in [1.165, 1.54) is 19.3 Å². The third-order valence-corrected chi connectivity index (χ3v) is 5.61. The third-order valence-electron chi connectivity index (χ3n) is 4.62. The minimum atomic E-state index is -0.357. The Kier molecular flexibility index (Phi) is 5.56. The van der Waals surface area contributed by atoms with Crippen LogP contribution < -0.4 is 10.6 Å². The molecule has 6 heteroatoms. The molecular weight excluding hydrogens is 324 g/mol. The molecule has 2 fully saturated rings. The highest BCUT2D eigenvalue weighted by Crippen LogP contribution is 2.27. The second-order valence-corrected chi connectivity index (χ2v) is 7.72. The summed E-state index contributed by atoms with van der Waals surface area (Å²) in [5.74, 6) is 0.370. The first-order valence-electron chi connectivity index (χ1n) is 8.50. The van der Waals surface area contributed by atoms with Crippen molar-refractivity contribution >= 4 is 34.5 Å². The van der Waals surface area contributed by atoms with Gasteiger partial charge in [0.1, 0.15) is 0 Å². The molecule has 0 radical (unpaired) electrons. The van der Waals surface area contributed by atoms with Gasteiger partial charge in [-0.1, -0.05) is 43.2 Å². The van der Waals surface area contributed by atoms with Crippen LogP contribution in [0.25, 0.3) is 0 Å². The minimum Gasteiger partial charge on any atom is -0.326 e. The van der Waals surface area contributed by atoms with E-state index in [0.717, 1.165) is 35.9 Å². The average molecular weight is 346 g/mol. The summed E-state index contributed by atoms with van der Waals surface area (Å²) in [6.07, 6.45) is 7.20. The predicted molar refractivity (Wildman–Crippen MR) is 94.9 cm³/mol. The van der Waals surface area contributed by atoms with E-state index in [1.54, 1.807) is 0 Å². The van der Waals surface area contributed by atoms with Crippen LogP contribution in [0.2, 0.25) is 0 Å². The molecule has 3 amide bonds. The van der Waals surface area contributed by atoms with Crippen LogP contribution in [0.1, 0.15) is 44.1 Å². The van der Waals surface area contributed by atoms with E-state index in [4.69, 9.17) is 0 Å². The highest BCUT2D eigenvalue weighted by molar-refractivity contribution is 8.15. The molecule has 1 saturated carbocycles. The molecule has 2 N–H and O–H groups in total. The van der Waals surface area contributed by atoms with Crippen LogP contribution in [0.3, 0.4) is 0 Å². The fourth-order valence-corrected chi connectivity index (χ4v) is 4.19. The number of imide groups is 1. The molecule has 1 unspecified atom stereocenters. The second-order valence-electron chi connectivity index (χ2n) is 6.54. The fourth-order valence-electron chi connectivity index (χ4n) is 3.33. The average Bonchev–Trinajstić information content (AvgIpc) is 2.87. The SMILES string of the molecule is O=C(CC1CCCCC1)Nc1ccc(CC2SC(=O)NC2=O)cc1. The van der Waals surface area contributed by atoms with E-state index in [2.05, 4.69) is 10.6 Å². The Morgan fingerprint density at radius 2 is 1.83 bits per heavy atom. The molecule has 1 atom stereocenters. The summed E-state index contributed by atoms with van der Waals surface area (Å²) >= 11 is 1.03. The standard InChI is InChI=1S/C18H22N2O3S/c21-16(11-12-4-2-1-3-5-12)19-14-8-6-13(7-9-14)10-15-17(22)20-18(23)24-15/h6-9,12,15H,1-5,10-11H2,(H,19,21)(H,20,22,23). The number of carbonyl (C=O) groups excluding carboxylic acids is 3. The van der Waals surface area contributed by atoms with Gasteiger partial charge < -0.3 is 5.32 Å². The van der Waals surface area contributed by atoms with Crippen LogP contribution in [-0.2, 0) is 16.0 Å². The zero-order valence-corrected chi connectivity index (χ0v) is 14.4. The monoisotopic (exact) mass is 346 g/mol. The van der Waals surface area contributed by atoms with Gasteiger partial charge in [0.2, 0.25) is 11.8 Å². The summed E-state index contributed by atoms with van der Waals surface area (Å²) in [6.45, 7) is 0. The second kappa shape index (κ2) is 7.83. The Morgan fingerprint density at radius 1 is 1.12 bits per heavy atom. The number of hydrogen-bond acceptors (Lipinski definition) is 4. The number of carbonyl (C=O) groups is 3. The molecule has 128 valence electrons. The van der Waals surface area contributed by atoms with Crippen molar-refractivity contribution in [2.45, 2.75) is 50.2 Å². The summed E-state index contributed by atoms with van der Waals surface area (Å²) in [7, 11) is 0. The Bertz CT molecular complexity index is 624. The lowest BCUT2D eigenvalue weighted by molar-refractivity contribution is -0.119. The molecule has 1 aliphatic carbocycles. The number of thioether (sulfide) groups is 1. The van der Waals surface area contributed by atoms with Gasteiger partial charge in [-0.25, -0.2) is 0 Å². The molecule has 0 aromatic heterocycles. The fraction of sp³-hybridized carbons (Fsp3) is 0.500. The highest BCUT2D eigenvalue weighted by atomic mass is 32.2. The van der Waals surface area contributed by atoms with E-state index in [1.807, 2.05) is 24.3 Å². The van der Waals surface area contributed by atoms with Crippen molar-refractivity contribution in [3.8, 4) is 0 Å². The lowest BCUT2D eigenvalue weighted by Crippen LogP contribution is -2.25. The van der Waals surface area contributed by atoms with Crippen molar-refractivity contribution in [2.75, 3.05) is 5.32 Å². The molecule has 0 spiro atoms. The van der Waals surface area contributed by atoms with Gasteiger partial charge in [-0.15, -0.1) is 0 Å². The van der Waals surface area contributed by atoms with Crippen molar-refractivity contribution in [1.29, 1.82) is 0 Å². The number of amides is 3. The van der Waals surface area contributed by atoms with Crippen LogP contribution in [0.4, 0.5) is 10.5 Å². The number of hydrogen-bond donors (Lipinski definition) is 2. The molecule has 24 heavy (non-hydrogen) atoms. The van der Waals surface area contributed by atoms with Gasteiger partial charge in [-0.05, 0) is 42.9 Å². The Labute approximate surface area is 146 Å². The smallest absolute Gasteiger partial charge is 0.286 e. The molecular formula is C18H22N2O3S. The third kappa shape index (κ3) is 4.60. The van der Waals surface area contributed by atoms with Crippen LogP contribution >= 0.6 is 11.8 Å². The van der Waals surface area contributed by atoms with E-state index in [9.17, 15) is 14.4 Å². The van der Waals surface area contributed by atoms with Crippen molar-refractivity contribution in [3.05, 3.63) is 29.8 Å². The van der Waals surface area contributed by atoms with Gasteiger partial charge in [0.05, 0.1) is 5.25 Å². The van der Waals surface area contributed by atoms with E-state index < -0.39 is 0 Å². The molecule has 5 nitrogen and oxygen atoms in total. The molecule has 0 bridgehead atoms. The van der Waals surface area contributed by atoms with E-state index in [0.29, 0.717) is 18.8 Å². The van der Waals surface area contributed by atoms with Gasteiger partial charge in [0, 0.05) is 12.1 Å². The van der Waals surface area contributed by atoms with Gasteiger partial charge in [-0.3, -0.25) is 19.7 Å². The van der Waals surface area contributed by atoms with Crippen molar-refractivity contribution in [1.82, 2.24) is 5.32 Å². The molecule has 2 aliphatic rings. The minimum absolute atomic E-state index is 0.0750. The van der Waals surface area contributed by atoms with E-state index in [-0.39, 0.29) is 22.3 Å². The number of nitrogens with one attached hydrogen (secondary N) is 2. The van der Waals surface area contributed by atoms with Crippen LogP contribution in [0.5, 0.6) is 0 Å². The summed E-state index contributed by atoms with van der Waals surface area (Å²) < 4.78 is 0. The quantitative estimate of drug-likeness (QED) is 0.856. The molecule has 3 rings (SSSR count). The Hall–Kier alpha value is -1.82. The topological polar surface area (TPSA) is 75.3 Å². The van der Waals surface area contributed by atoms with Crippen molar-refractivity contribution in [3.63, 3.8) is 0 Å². The van der Waals surface area contributed by atoms with Gasteiger partial charge in [0.15, 0.2) is 0 Å². The zero-order valence-electron chi connectivity index (χ0n) is 13.5. The largest absolute Gasteiger partial charge is 0.326 e. The van der Waals surface area contributed by atoms with Gasteiger partial charge in [-0.2, -0.15) is 0 Å². The maximum Gasteiger partial charge on any atom is 0.286 e. The van der Waals surface area contributed by atoms with Crippen molar-refractivity contribution < 1.29 is 14.4 Å². The molecule has 1 aromatic carbocycles. The first-order chi connectivity index (χ1) is 11.6. The van der Waals surface area contributed by atoms with E-state index >= 15 is 0 Å². The summed E-state index contributed by atoms with van der Waals surface area (Å²) in [5.41, 5.74) is 1.75. The van der Waals surface area contributed by atoms with Crippen LogP contribution in [-0.4, -0.2) is 22.3 Å². The Balaban J connectivity index is 1.49. The first-order valence-corrected chi connectivity index (χ1v) is 9.38. The maximum absolute atomic E-state index is 12.1. The number of benzene rings is 1. The van der Waals surface area contributed by atoms with Gasteiger partial charge in [0.25, 0.3) is 5.24 Å². The normalized spacial score (nSPS) is 21.6. The maximum atomic E-state index is 12.1. The van der Waals surface area contributed by atoms with Crippen LogP contribution in [0.15, 0.2) is 24.3 Å². The lowest BCUT2D eigenvalue weighted by atomic mass is 9.87.